The molecule has 0 aromatic carbocycles. The summed E-state index contributed by atoms with van der Waals surface area (Å²) >= 11 is 0. The lowest BCUT2D eigenvalue weighted by molar-refractivity contribution is 0.247. The van der Waals surface area contributed by atoms with Crippen LogP contribution in [0, 0.1) is 0 Å². The standard InChI is InChI=1S/C20H27N7/c1-17(2)25-20-23-12-19(13-24-20)15-27(14-18-5-3-6-21-11-18)9-4-8-26-10-7-22-16-26/h3,5-7,10-13,16-17H,4,8-9,14-15H2,1-2H3,(H,23,24,25). The van der Waals surface area contributed by atoms with Crippen LogP contribution in [-0.4, -0.2) is 42.0 Å². The Morgan fingerprint density at radius 1 is 1.04 bits per heavy atom. The summed E-state index contributed by atoms with van der Waals surface area (Å²) < 4.78 is 2.11. The SMILES string of the molecule is CC(C)Nc1ncc(CN(CCCn2ccnc2)Cc2cccnc2)cn1. The van der Waals surface area contributed by atoms with Gasteiger partial charge in [0.15, 0.2) is 0 Å². The van der Waals surface area contributed by atoms with E-state index in [4.69, 9.17) is 0 Å². The quantitative estimate of drug-likeness (QED) is 0.595. The van der Waals surface area contributed by atoms with Crippen LogP contribution in [0.2, 0.25) is 0 Å². The predicted octanol–water partition coefficient (Wildman–Crippen LogP) is 2.98. The van der Waals surface area contributed by atoms with Crippen molar-refractivity contribution in [1.82, 2.24) is 29.4 Å². The molecule has 3 aromatic heterocycles. The Hall–Kier alpha value is -2.80. The summed E-state index contributed by atoms with van der Waals surface area (Å²) in [5.41, 5.74) is 2.31. The Kier molecular flexibility index (Phi) is 6.87. The molecule has 0 saturated heterocycles. The molecule has 7 heteroatoms. The van der Waals surface area contributed by atoms with Crippen molar-refractivity contribution in [1.29, 1.82) is 0 Å². The lowest BCUT2D eigenvalue weighted by atomic mass is 10.2. The van der Waals surface area contributed by atoms with Gasteiger partial charge < -0.3 is 9.88 Å². The maximum atomic E-state index is 4.43. The number of rotatable bonds is 10. The van der Waals surface area contributed by atoms with E-state index in [9.17, 15) is 0 Å². The molecule has 0 atom stereocenters. The molecule has 0 saturated carbocycles. The lowest BCUT2D eigenvalue weighted by Gasteiger charge is -2.22. The first-order chi connectivity index (χ1) is 13.2. The van der Waals surface area contributed by atoms with Crippen LogP contribution in [0.1, 0.15) is 31.4 Å². The second-order valence-corrected chi connectivity index (χ2v) is 6.94. The van der Waals surface area contributed by atoms with Crippen LogP contribution in [0.5, 0.6) is 0 Å². The topological polar surface area (TPSA) is 71.8 Å². The van der Waals surface area contributed by atoms with Gasteiger partial charge in [0.1, 0.15) is 0 Å². The van der Waals surface area contributed by atoms with Gasteiger partial charge in [-0.2, -0.15) is 0 Å². The largest absolute Gasteiger partial charge is 0.352 e. The molecule has 0 radical (unpaired) electrons. The number of pyridine rings is 1. The van der Waals surface area contributed by atoms with Crippen LogP contribution in [0.15, 0.2) is 55.6 Å². The molecule has 3 heterocycles. The van der Waals surface area contributed by atoms with E-state index < -0.39 is 0 Å². The molecule has 1 N–H and O–H groups in total. The van der Waals surface area contributed by atoms with Gasteiger partial charge >= 0.3 is 0 Å². The summed E-state index contributed by atoms with van der Waals surface area (Å²) in [5.74, 6) is 0.674. The summed E-state index contributed by atoms with van der Waals surface area (Å²) in [4.78, 5) is 19.6. The molecule has 142 valence electrons. The summed E-state index contributed by atoms with van der Waals surface area (Å²) in [6.07, 6.45) is 14.3. The second kappa shape index (κ2) is 9.78. The highest BCUT2D eigenvalue weighted by atomic mass is 15.1. The first kappa shape index (κ1) is 19.0. The van der Waals surface area contributed by atoms with Gasteiger partial charge in [-0.1, -0.05) is 6.07 Å². The normalized spacial score (nSPS) is 11.3. The molecule has 0 bridgehead atoms. The molecule has 0 fully saturated rings. The van der Waals surface area contributed by atoms with Crippen molar-refractivity contribution >= 4 is 5.95 Å². The van der Waals surface area contributed by atoms with E-state index in [1.54, 1.807) is 6.20 Å². The Morgan fingerprint density at radius 3 is 2.52 bits per heavy atom. The molecule has 0 aliphatic rings. The molecule has 0 unspecified atom stereocenters. The lowest BCUT2D eigenvalue weighted by Crippen LogP contribution is -2.25. The smallest absolute Gasteiger partial charge is 0.222 e. The molecular formula is C20H27N7. The van der Waals surface area contributed by atoms with Crippen molar-refractivity contribution in [3.05, 3.63) is 66.8 Å². The fraction of sp³-hybridized carbons (Fsp3) is 0.400. The summed E-state index contributed by atoms with van der Waals surface area (Å²) in [7, 11) is 0. The Labute approximate surface area is 160 Å². The number of aryl methyl sites for hydroxylation is 1. The summed E-state index contributed by atoms with van der Waals surface area (Å²) in [5, 5.41) is 3.22. The molecule has 0 spiro atoms. The molecule has 27 heavy (non-hydrogen) atoms. The van der Waals surface area contributed by atoms with Gasteiger partial charge in [-0.05, 0) is 31.9 Å². The van der Waals surface area contributed by atoms with Crippen LogP contribution in [-0.2, 0) is 19.6 Å². The summed E-state index contributed by atoms with van der Waals surface area (Å²) in [6, 6.07) is 4.41. The maximum absolute atomic E-state index is 4.43. The minimum atomic E-state index is 0.320. The molecule has 3 rings (SSSR count). The van der Waals surface area contributed by atoms with Crippen LogP contribution < -0.4 is 5.32 Å². The minimum Gasteiger partial charge on any atom is -0.352 e. The van der Waals surface area contributed by atoms with Gasteiger partial charge in [0.2, 0.25) is 5.95 Å². The zero-order valence-corrected chi connectivity index (χ0v) is 16.0. The fourth-order valence-corrected chi connectivity index (χ4v) is 2.89. The number of hydrogen-bond donors (Lipinski definition) is 1. The maximum Gasteiger partial charge on any atom is 0.222 e. The van der Waals surface area contributed by atoms with E-state index in [1.807, 2.05) is 43.4 Å². The highest BCUT2D eigenvalue weighted by Crippen LogP contribution is 2.11. The molecule has 0 amide bonds. The third kappa shape index (κ3) is 6.45. The molecular weight excluding hydrogens is 338 g/mol. The molecule has 7 nitrogen and oxygen atoms in total. The van der Waals surface area contributed by atoms with Crippen LogP contribution in [0.4, 0.5) is 5.95 Å². The van der Waals surface area contributed by atoms with Crippen LogP contribution in [0.3, 0.4) is 0 Å². The van der Waals surface area contributed by atoms with Gasteiger partial charge in [-0.3, -0.25) is 9.88 Å². The highest BCUT2D eigenvalue weighted by molar-refractivity contribution is 5.25. The third-order valence-corrected chi connectivity index (χ3v) is 4.11. The third-order valence-electron chi connectivity index (χ3n) is 4.11. The van der Waals surface area contributed by atoms with E-state index in [0.29, 0.717) is 12.0 Å². The first-order valence-electron chi connectivity index (χ1n) is 9.33. The van der Waals surface area contributed by atoms with Crippen molar-refractivity contribution < 1.29 is 0 Å². The zero-order chi connectivity index (χ0) is 18.9. The average molecular weight is 365 g/mol. The number of hydrogen-bond acceptors (Lipinski definition) is 6. The molecule has 0 aliphatic carbocycles. The van der Waals surface area contributed by atoms with Gasteiger partial charge in [-0.15, -0.1) is 0 Å². The Morgan fingerprint density at radius 2 is 1.85 bits per heavy atom. The monoisotopic (exact) mass is 365 g/mol. The van der Waals surface area contributed by atoms with Crippen LogP contribution >= 0.6 is 0 Å². The second-order valence-electron chi connectivity index (χ2n) is 6.94. The van der Waals surface area contributed by atoms with Crippen LogP contribution in [0.25, 0.3) is 0 Å². The molecule has 3 aromatic rings. The average Bonchev–Trinajstić information content (AvgIpc) is 3.17. The van der Waals surface area contributed by atoms with E-state index >= 15 is 0 Å². The first-order valence-corrected chi connectivity index (χ1v) is 9.33. The number of nitrogens with one attached hydrogen (secondary N) is 1. The van der Waals surface area contributed by atoms with E-state index in [1.165, 1.54) is 5.56 Å². The summed E-state index contributed by atoms with van der Waals surface area (Å²) in [6.45, 7) is 7.74. The van der Waals surface area contributed by atoms with Crippen molar-refractivity contribution in [2.24, 2.45) is 0 Å². The van der Waals surface area contributed by atoms with E-state index in [0.717, 1.165) is 38.2 Å². The van der Waals surface area contributed by atoms with E-state index in [-0.39, 0.29) is 0 Å². The van der Waals surface area contributed by atoms with Gasteiger partial charge in [0.25, 0.3) is 0 Å². The van der Waals surface area contributed by atoms with E-state index in [2.05, 4.69) is 54.6 Å². The number of aromatic nitrogens is 5. The zero-order valence-electron chi connectivity index (χ0n) is 16.0. The minimum absolute atomic E-state index is 0.320. The highest BCUT2D eigenvalue weighted by Gasteiger charge is 2.09. The number of imidazole rings is 1. The van der Waals surface area contributed by atoms with Crippen molar-refractivity contribution in [2.45, 2.75) is 45.9 Å². The predicted molar refractivity (Wildman–Crippen MR) is 106 cm³/mol. The van der Waals surface area contributed by atoms with Crippen molar-refractivity contribution in [3.63, 3.8) is 0 Å². The fourth-order valence-electron chi connectivity index (χ4n) is 2.89. The van der Waals surface area contributed by atoms with Gasteiger partial charge in [-0.25, -0.2) is 15.0 Å². The number of nitrogens with zero attached hydrogens (tertiary/aromatic N) is 6. The van der Waals surface area contributed by atoms with Gasteiger partial charge in [0, 0.05) is 75.0 Å². The molecule has 0 aliphatic heterocycles. The Bertz CT molecular complexity index is 770. The van der Waals surface area contributed by atoms with Crippen molar-refractivity contribution in [3.8, 4) is 0 Å². The van der Waals surface area contributed by atoms with Gasteiger partial charge in [0.05, 0.1) is 6.33 Å². The van der Waals surface area contributed by atoms with Crippen molar-refractivity contribution in [2.75, 3.05) is 11.9 Å². The Balaban J connectivity index is 1.61. The number of anilines is 1.